The van der Waals surface area contributed by atoms with Crippen LogP contribution >= 0.6 is 0 Å². The van der Waals surface area contributed by atoms with Crippen LogP contribution in [-0.2, 0) is 12.1 Å². The molecule has 1 aliphatic carbocycles. The monoisotopic (exact) mass is 425 g/mol. The minimum Gasteiger partial charge on any atom is -0.297 e. The number of hydrogen-bond donors (Lipinski definition) is 0. The molecule has 2 heterocycles. The number of ketones is 2. The maximum absolute atomic E-state index is 13.8. The van der Waals surface area contributed by atoms with E-state index in [2.05, 4.69) is 46.0 Å². The van der Waals surface area contributed by atoms with E-state index >= 15 is 0 Å². The predicted octanol–water partition coefficient (Wildman–Crippen LogP) is 3.79. The summed E-state index contributed by atoms with van der Waals surface area (Å²) in [6.07, 6.45) is 0. The average Bonchev–Trinajstić information content (AvgIpc) is 3.04. The van der Waals surface area contributed by atoms with Crippen molar-refractivity contribution < 1.29 is 9.59 Å². The average molecular weight is 426 g/mol. The molecule has 0 radical (unpaired) electrons. The Morgan fingerprint density at radius 3 is 2.03 bits per heavy atom. The molecule has 0 N–H and O–H groups in total. The van der Waals surface area contributed by atoms with Gasteiger partial charge in [-0.05, 0) is 37.1 Å². The number of carbonyl (C=O) groups is 2. The zero-order chi connectivity index (χ0) is 22.3. The molecule has 5 heteroatoms. The van der Waals surface area contributed by atoms with E-state index in [-0.39, 0.29) is 11.6 Å². The number of carbonyl (C=O) groups excluding carboxylic acids is 2. The number of fused-ring (bicyclic) bond motifs is 1. The fourth-order valence-corrected chi connectivity index (χ4v) is 5.07. The van der Waals surface area contributed by atoms with Gasteiger partial charge in [0.15, 0.2) is 17.1 Å². The van der Waals surface area contributed by atoms with E-state index in [1.165, 1.54) is 11.1 Å². The number of hydrogen-bond acceptors (Lipinski definition) is 5. The first kappa shape index (κ1) is 20.7. The van der Waals surface area contributed by atoms with Crippen molar-refractivity contribution in [1.82, 2.24) is 14.8 Å². The second-order valence-corrected chi connectivity index (χ2v) is 8.77. The molecule has 1 aliphatic heterocycles. The van der Waals surface area contributed by atoms with E-state index in [4.69, 9.17) is 0 Å². The van der Waals surface area contributed by atoms with E-state index in [1.54, 1.807) is 12.1 Å². The van der Waals surface area contributed by atoms with Gasteiger partial charge in [0.2, 0.25) is 0 Å². The summed E-state index contributed by atoms with van der Waals surface area (Å²) in [7, 11) is 0. The molecule has 5 nitrogen and oxygen atoms in total. The van der Waals surface area contributed by atoms with Crippen molar-refractivity contribution >= 4 is 11.6 Å². The van der Waals surface area contributed by atoms with E-state index in [0.29, 0.717) is 29.9 Å². The Kier molecular flexibility index (Phi) is 5.24. The lowest BCUT2D eigenvalue weighted by Gasteiger charge is -2.43. The molecule has 0 amide bonds. The minimum atomic E-state index is -1.37. The van der Waals surface area contributed by atoms with E-state index in [1.807, 2.05) is 37.3 Å². The smallest absolute Gasteiger partial charge is 0.198 e. The van der Waals surface area contributed by atoms with E-state index in [0.717, 1.165) is 25.3 Å². The van der Waals surface area contributed by atoms with Crippen molar-refractivity contribution in [2.24, 2.45) is 0 Å². The van der Waals surface area contributed by atoms with E-state index < -0.39 is 5.54 Å². The topological polar surface area (TPSA) is 53.5 Å². The first-order chi connectivity index (χ1) is 15.5. The zero-order valence-corrected chi connectivity index (χ0v) is 18.5. The maximum Gasteiger partial charge on any atom is 0.198 e. The molecule has 2 aliphatic rings. The van der Waals surface area contributed by atoms with Crippen LogP contribution in [0.1, 0.15) is 43.2 Å². The molecular weight excluding hydrogens is 398 g/mol. The summed E-state index contributed by atoms with van der Waals surface area (Å²) in [5.41, 5.74) is 3.58. The Morgan fingerprint density at radius 1 is 0.781 bits per heavy atom. The molecule has 1 saturated heterocycles. The Balaban J connectivity index is 1.48. The molecule has 0 atom stereocenters. The number of rotatable bonds is 4. The molecule has 3 aromatic rings. The van der Waals surface area contributed by atoms with Gasteiger partial charge in [-0.3, -0.25) is 24.4 Å². The molecule has 0 unspecified atom stereocenters. The highest BCUT2D eigenvalue weighted by Crippen LogP contribution is 2.42. The second kappa shape index (κ2) is 8.08. The number of piperazine rings is 1. The van der Waals surface area contributed by atoms with Crippen LogP contribution in [-0.4, -0.2) is 52.5 Å². The Bertz CT molecular complexity index is 1160. The van der Waals surface area contributed by atoms with Crippen LogP contribution in [0.4, 0.5) is 0 Å². The molecule has 5 rings (SSSR count). The summed E-state index contributed by atoms with van der Waals surface area (Å²) in [4.78, 5) is 36.8. The summed E-state index contributed by atoms with van der Waals surface area (Å²) in [6.45, 7) is 7.75. The van der Waals surface area contributed by atoms with Crippen molar-refractivity contribution in [1.29, 1.82) is 0 Å². The quantitative estimate of drug-likeness (QED) is 0.596. The highest BCUT2D eigenvalue weighted by Gasteiger charge is 2.59. The Morgan fingerprint density at radius 2 is 1.41 bits per heavy atom. The van der Waals surface area contributed by atoms with Gasteiger partial charge in [-0.2, -0.15) is 0 Å². The van der Waals surface area contributed by atoms with Gasteiger partial charge >= 0.3 is 0 Å². The number of aromatic nitrogens is 1. The van der Waals surface area contributed by atoms with Crippen molar-refractivity contribution in [3.63, 3.8) is 0 Å². The van der Waals surface area contributed by atoms with Crippen LogP contribution < -0.4 is 0 Å². The second-order valence-electron chi connectivity index (χ2n) is 8.77. The van der Waals surface area contributed by atoms with Crippen LogP contribution in [0, 0.1) is 13.8 Å². The van der Waals surface area contributed by atoms with Gasteiger partial charge in [-0.15, -0.1) is 0 Å². The molecular formula is C27H27N3O2. The predicted molar refractivity (Wildman–Crippen MR) is 124 cm³/mol. The highest BCUT2D eigenvalue weighted by molar-refractivity contribution is 6.32. The van der Waals surface area contributed by atoms with Crippen molar-refractivity contribution in [2.75, 3.05) is 26.2 Å². The third kappa shape index (κ3) is 3.20. The van der Waals surface area contributed by atoms with E-state index in [9.17, 15) is 9.59 Å². The molecule has 32 heavy (non-hydrogen) atoms. The van der Waals surface area contributed by atoms with Crippen LogP contribution in [0.2, 0.25) is 0 Å². The van der Waals surface area contributed by atoms with Crippen molar-refractivity contribution in [2.45, 2.75) is 25.9 Å². The maximum atomic E-state index is 13.8. The normalized spacial score (nSPS) is 18.7. The summed E-state index contributed by atoms with van der Waals surface area (Å²) in [5.74, 6) is -0.299. The van der Waals surface area contributed by atoms with Gasteiger partial charge in [0.1, 0.15) is 0 Å². The molecule has 2 aromatic carbocycles. The zero-order valence-electron chi connectivity index (χ0n) is 18.5. The lowest BCUT2D eigenvalue weighted by molar-refractivity contribution is 0.0266. The fraction of sp³-hybridized carbons (Fsp3) is 0.296. The molecule has 1 aromatic heterocycles. The highest BCUT2D eigenvalue weighted by atomic mass is 16.2. The fourth-order valence-electron chi connectivity index (χ4n) is 5.07. The van der Waals surface area contributed by atoms with Gasteiger partial charge in [0.05, 0.1) is 5.69 Å². The van der Waals surface area contributed by atoms with Gasteiger partial charge in [0.25, 0.3) is 0 Å². The summed E-state index contributed by atoms with van der Waals surface area (Å²) in [6, 6.07) is 21.2. The molecule has 0 bridgehead atoms. The third-order valence-electron chi connectivity index (χ3n) is 6.83. The number of aryl methyl sites for hydroxylation is 2. The Labute approximate surface area is 188 Å². The standard InChI is InChI=1S/C27H27N3O2/c1-19-8-3-4-10-21(19)18-29-14-16-30(17-15-29)27(24-13-7-9-20(2)28-24)25(31)22-11-5-6-12-23(22)26(27)32/h3-13H,14-18H2,1-2H3. The molecule has 0 saturated carbocycles. The number of pyridine rings is 1. The van der Waals surface area contributed by atoms with Crippen molar-refractivity contribution in [3.05, 3.63) is 100 Å². The SMILES string of the molecule is Cc1cccc(C2(N3CCN(Cc4ccccc4C)CC3)C(=O)c3ccccc3C2=O)n1. The molecule has 1 fully saturated rings. The van der Waals surface area contributed by atoms with Crippen LogP contribution in [0.3, 0.4) is 0 Å². The third-order valence-corrected chi connectivity index (χ3v) is 6.83. The van der Waals surface area contributed by atoms with Crippen LogP contribution in [0.15, 0.2) is 66.7 Å². The van der Waals surface area contributed by atoms with Gasteiger partial charge in [-0.25, -0.2) is 0 Å². The van der Waals surface area contributed by atoms with Gasteiger partial charge < -0.3 is 0 Å². The number of nitrogens with zero attached hydrogens (tertiary/aromatic N) is 3. The largest absolute Gasteiger partial charge is 0.297 e. The Hall–Kier alpha value is -3.15. The van der Waals surface area contributed by atoms with Gasteiger partial charge in [-0.1, -0.05) is 54.6 Å². The van der Waals surface area contributed by atoms with Crippen LogP contribution in [0.5, 0.6) is 0 Å². The first-order valence-corrected chi connectivity index (χ1v) is 11.2. The van der Waals surface area contributed by atoms with Crippen LogP contribution in [0.25, 0.3) is 0 Å². The lowest BCUT2D eigenvalue weighted by Crippen LogP contribution is -2.60. The van der Waals surface area contributed by atoms with Gasteiger partial charge in [0, 0.05) is 49.5 Å². The van der Waals surface area contributed by atoms with Crippen molar-refractivity contribution in [3.8, 4) is 0 Å². The number of benzene rings is 2. The first-order valence-electron chi connectivity index (χ1n) is 11.2. The lowest BCUT2D eigenvalue weighted by atomic mass is 9.85. The minimum absolute atomic E-state index is 0.149. The molecule has 0 spiro atoms. The summed E-state index contributed by atoms with van der Waals surface area (Å²) in [5, 5.41) is 0. The molecule has 162 valence electrons. The number of Topliss-reactive ketones (excluding diaryl/α,β-unsaturated/α-hetero) is 2. The summed E-state index contributed by atoms with van der Waals surface area (Å²) < 4.78 is 0. The summed E-state index contributed by atoms with van der Waals surface area (Å²) >= 11 is 0.